The van der Waals surface area contributed by atoms with Crippen molar-refractivity contribution >= 4 is 79.5 Å². The van der Waals surface area contributed by atoms with Crippen molar-refractivity contribution in [2.24, 2.45) is 0 Å². The monoisotopic (exact) mass is 1790 g/mol. The molecule has 12 rings (SSSR count). The van der Waals surface area contributed by atoms with E-state index in [-0.39, 0.29) is 0 Å². The van der Waals surface area contributed by atoms with Gasteiger partial charge in [-0.3, -0.25) is 0 Å². The van der Waals surface area contributed by atoms with Gasteiger partial charge in [0.1, 0.15) is 105 Å². The first kappa shape index (κ1) is 92.6. The summed E-state index contributed by atoms with van der Waals surface area (Å²) in [5, 5.41) is 0. The summed E-state index contributed by atoms with van der Waals surface area (Å²) in [4.78, 5) is 5.41. The van der Waals surface area contributed by atoms with E-state index in [9.17, 15) is 105 Å². The van der Waals surface area contributed by atoms with E-state index in [4.69, 9.17) is 0 Å². The molecule has 0 N–H and O–H groups in total. The van der Waals surface area contributed by atoms with Crippen LogP contribution in [-0.4, -0.2) is 12.3 Å². The second-order valence-corrected chi connectivity index (χ2v) is 27.7. The van der Waals surface area contributed by atoms with Gasteiger partial charge in [0, 0.05) is 23.5 Å². The molecule has 0 aromatic heterocycles. The van der Waals surface area contributed by atoms with Crippen molar-refractivity contribution in [1.82, 2.24) is 0 Å². The molecule has 0 heterocycles. The fourth-order valence-electron chi connectivity index (χ4n) is 12.5. The Labute approximate surface area is 652 Å². The average molecular weight is 1790 g/mol. The standard InChI is InChI=1S/2C24BF20.2C14H14S/c2*26-5-1(6(27)14(35)21(42)13(5)34)25(2-7(28)15(36)22(43)16(37)8(2)29,3-9(30)17(38)23(44)18(39)10(3)31)4-11(32)19(40)24(45)20(41)12(4)33;2*1-11-3-7-13(8-4-11)15-14-9-5-12(2)6-10-14/h;;2*3-10H,1-2H3/q2*-1;;/p+2. The van der Waals surface area contributed by atoms with Crippen LogP contribution in [0.1, 0.15) is 22.3 Å². The lowest BCUT2D eigenvalue weighted by atomic mass is 9.12. The lowest BCUT2D eigenvalue weighted by molar-refractivity contribution is 0.377. The minimum atomic E-state index is -7.22. The molecule has 12 aromatic rings. The van der Waals surface area contributed by atoms with E-state index in [2.05, 4.69) is 125 Å². The summed E-state index contributed by atoms with van der Waals surface area (Å²) < 4.78 is 588. The Bertz CT molecular complexity index is 4890. The SMILES string of the molecule is Cc1ccc([SH+]c2ccc(C)cc2)cc1.Cc1ccc([SH+]c2ccc(C)cc2)cc1.Fc1c(F)c(F)c([B-](c2c(F)c(F)c(F)c(F)c2F)(c2c(F)c(F)c(F)c(F)c2F)c2c(F)c(F)c(F)c(F)c2F)c(F)c1F.Fc1c(F)c(F)c([B-](c2c(F)c(F)c(F)c(F)c2F)(c2c(F)c(F)c(F)c(F)c2F)c2c(F)c(F)c(F)c(F)c2F)c(F)c1F. The molecule has 0 aliphatic rings. The van der Waals surface area contributed by atoms with Crippen molar-refractivity contribution in [2.45, 2.75) is 47.3 Å². The van der Waals surface area contributed by atoms with Gasteiger partial charge in [-0.1, -0.05) is 70.8 Å². The topological polar surface area (TPSA) is 0 Å². The van der Waals surface area contributed by atoms with E-state index in [1.165, 1.54) is 65.4 Å². The van der Waals surface area contributed by atoms with E-state index in [1.54, 1.807) is 0 Å². The van der Waals surface area contributed by atoms with Crippen LogP contribution < -0.4 is 43.7 Å². The molecule has 0 atom stereocenters. The lowest BCUT2D eigenvalue weighted by Gasteiger charge is -2.44. The van der Waals surface area contributed by atoms with Gasteiger partial charge in [-0.25, -0.2) is 176 Å². The van der Waals surface area contributed by atoms with Gasteiger partial charge < -0.3 is 0 Å². The zero-order chi connectivity index (χ0) is 90.1. The maximum absolute atomic E-state index is 15.4. The third-order valence-electron chi connectivity index (χ3n) is 18.1. The molecule has 44 heteroatoms. The maximum Gasteiger partial charge on any atom is 0.200 e. The first-order valence-corrected chi connectivity index (χ1v) is 33.8. The van der Waals surface area contributed by atoms with Crippen molar-refractivity contribution in [2.75, 3.05) is 0 Å². The van der Waals surface area contributed by atoms with Crippen LogP contribution in [0.5, 0.6) is 0 Å². The van der Waals surface area contributed by atoms with Crippen LogP contribution in [0, 0.1) is 260 Å². The predicted octanol–water partition coefficient (Wildman–Crippen LogP) is 18.8. The summed E-state index contributed by atoms with van der Waals surface area (Å²) in [6.45, 7) is 8.47. The van der Waals surface area contributed by atoms with Crippen LogP contribution >= 0.6 is 0 Å². The molecule has 0 bridgehead atoms. The van der Waals surface area contributed by atoms with E-state index >= 15 is 70.2 Å². The Balaban J connectivity index is 0.000000203. The molecule has 0 saturated heterocycles. The molecule has 120 heavy (non-hydrogen) atoms. The maximum atomic E-state index is 15.4. The molecule has 0 radical (unpaired) electrons. The highest BCUT2D eigenvalue weighted by atomic mass is 32.2. The molecular formula is C76H30B2F40S2. The summed E-state index contributed by atoms with van der Waals surface area (Å²) >= 11 is 2.57. The van der Waals surface area contributed by atoms with Crippen LogP contribution in [0.4, 0.5) is 176 Å². The number of halogens is 40. The first-order chi connectivity index (χ1) is 55.9. The third kappa shape index (κ3) is 15.6. The van der Waals surface area contributed by atoms with Crippen LogP contribution in [0.25, 0.3) is 0 Å². The predicted molar refractivity (Wildman–Crippen MR) is 354 cm³/mol. The average Bonchev–Trinajstić information content (AvgIpc) is 0.685. The first-order valence-electron chi connectivity index (χ1n) is 32.0. The smallest absolute Gasteiger partial charge is 0.200 e. The molecule has 0 saturated carbocycles. The highest BCUT2D eigenvalue weighted by molar-refractivity contribution is 7.79. The van der Waals surface area contributed by atoms with Gasteiger partial charge >= 0.3 is 0 Å². The number of hydrogen-bond acceptors (Lipinski definition) is 0. The number of aryl methyl sites for hydroxylation is 4. The summed E-state index contributed by atoms with van der Waals surface area (Å²) in [7, 11) is 0. The van der Waals surface area contributed by atoms with Crippen LogP contribution in [0.15, 0.2) is 117 Å². The van der Waals surface area contributed by atoms with Gasteiger partial charge in [0.2, 0.25) is 0 Å². The molecule has 0 spiro atoms. The Morgan fingerprint density at radius 2 is 0.200 bits per heavy atom. The molecule has 0 aliphatic heterocycles. The summed E-state index contributed by atoms with van der Waals surface area (Å²) in [6, 6.07) is 34.8. The van der Waals surface area contributed by atoms with Gasteiger partial charge in [0.15, 0.2) is 159 Å². The van der Waals surface area contributed by atoms with Gasteiger partial charge in [-0.2, -0.15) is 0 Å². The van der Waals surface area contributed by atoms with Crippen molar-refractivity contribution in [3.63, 3.8) is 0 Å². The molecule has 0 fully saturated rings. The Morgan fingerprint density at radius 3 is 0.283 bits per heavy atom. The van der Waals surface area contributed by atoms with E-state index in [1.807, 2.05) is 0 Å². The minimum absolute atomic E-state index is 1.29. The zero-order valence-electron chi connectivity index (χ0n) is 58.4. The fourth-order valence-corrected chi connectivity index (χ4v) is 14.3. The number of benzene rings is 12. The molecule has 0 unspecified atom stereocenters. The van der Waals surface area contributed by atoms with Gasteiger partial charge in [-0.05, 0) is 76.2 Å². The van der Waals surface area contributed by atoms with Crippen molar-refractivity contribution in [3.05, 3.63) is 352 Å². The summed E-state index contributed by atoms with van der Waals surface area (Å²) in [6.07, 6.45) is -14.4. The normalized spacial score (nSPS) is 11.6. The van der Waals surface area contributed by atoms with Crippen LogP contribution in [-0.2, 0) is 23.5 Å². The quantitative estimate of drug-likeness (QED) is 0.0286. The molecule has 632 valence electrons. The second kappa shape index (κ2) is 35.2. The molecule has 12 aromatic carbocycles. The molecular weight excluding hydrogens is 1760 g/mol. The lowest BCUT2D eigenvalue weighted by Crippen LogP contribution is -2.81. The number of thiol groups is 2. The minimum Gasteiger partial charge on any atom is -0.207 e. The fraction of sp³-hybridized carbons (Fsp3) is 0.0526. The Morgan fingerprint density at radius 1 is 0.125 bits per heavy atom. The van der Waals surface area contributed by atoms with Crippen molar-refractivity contribution in [3.8, 4) is 0 Å². The summed E-state index contributed by atoms with van der Waals surface area (Å²) in [5.74, 6) is -143. The Kier molecular flexibility index (Phi) is 27.1. The zero-order valence-corrected chi connectivity index (χ0v) is 60.2. The van der Waals surface area contributed by atoms with Gasteiger partial charge in [0.25, 0.3) is 0 Å². The highest BCUT2D eigenvalue weighted by Crippen LogP contribution is 2.35. The van der Waals surface area contributed by atoms with Crippen LogP contribution in [0.3, 0.4) is 0 Å². The van der Waals surface area contributed by atoms with E-state index in [0.29, 0.717) is 0 Å². The van der Waals surface area contributed by atoms with Gasteiger partial charge in [-0.15, -0.1) is 43.7 Å². The van der Waals surface area contributed by atoms with E-state index < -0.39 is 289 Å². The second-order valence-electron chi connectivity index (χ2n) is 25.2. The molecule has 0 nitrogen and oxygen atoms in total. The van der Waals surface area contributed by atoms with E-state index in [0.717, 1.165) is 0 Å². The third-order valence-corrected chi connectivity index (χ3v) is 20.3. The molecule has 0 amide bonds. The number of hydrogen-bond donors (Lipinski definition) is 0. The Hall–Kier alpha value is -11.3. The van der Waals surface area contributed by atoms with Crippen molar-refractivity contribution < 1.29 is 176 Å². The molecule has 0 aliphatic carbocycles. The summed E-state index contributed by atoms with van der Waals surface area (Å²) in [5.41, 5.74) is -23.4. The highest BCUT2D eigenvalue weighted by Gasteiger charge is 2.55. The largest absolute Gasteiger partial charge is 0.207 e. The van der Waals surface area contributed by atoms with Gasteiger partial charge in [0.05, 0.1) is 0 Å². The number of rotatable bonds is 12. The van der Waals surface area contributed by atoms with Crippen molar-refractivity contribution in [1.29, 1.82) is 0 Å². The van der Waals surface area contributed by atoms with Crippen LogP contribution in [0.2, 0.25) is 0 Å².